The van der Waals surface area contributed by atoms with Crippen molar-refractivity contribution in [3.63, 3.8) is 0 Å². The van der Waals surface area contributed by atoms with Crippen molar-refractivity contribution in [2.45, 2.75) is 14.7 Å². The average Bonchev–Trinajstić information content (AvgIpc) is 2.87. The van der Waals surface area contributed by atoms with Gasteiger partial charge in [0.1, 0.15) is 32.3 Å². The van der Waals surface area contributed by atoms with Crippen LogP contribution in [0.1, 0.15) is 0 Å². The zero-order valence-electron chi connectivity index (χ0n) is 19.0. The second-order valence-electron chi connectivity index (χ2n) is 7.10. The van der Waals surface area contributed by atoms with Gasteiger partial charge in [-0.05, 0) is 72.8 Å². The summed E-state index contributed by atoms with van der Waals surface area (Å²) in [5, 5.41) is -0.706. The molecular weight excluding hydrogens is 559 g/mol. The first-order chi connectivity index (χ1) is 17.5. The summed E-state index contributed by atoms with van der Waals surface area (Å²) in [6.45, 7) is 10.1. The topological polar surface area (TPSA) is 78.9 Å². The van der Waals surface area contributed by atoms with Crippen LogP contribution < -0.4 is 14.2 Å². The van der Waals surface area contributed by atoms with Gasteiger partial charge in [0.05, 0.1) is 10.9 Å². The van der Waals surface area contributed by atoms with Crippen molar-refractivity contribution in [2.24, 2.45) is 0 Å². The first-order valence-electron chi connectivity index (χ1n) is 10.3. The van der Waals surface area contributed by atoms with Crippen LogP contribution in [-0.2, 0) is 25.3 Å². The summed E-state index contributed by atoms with van der Waals surface area (Å²) in [5.74, 6) is -1.35. The first-order valence-corrected chi connectivity index (χ1v) is 12.6. The maximum Gasteiger partial charge on any atom is 0.354 e. The molecule has 6 nitrogen and oxygen atoms in total. The molecule has 0 unspecified atom stereocenters. The third-order valence-corrected chi connectivity index (χ3v) is 7.17. The predicted molar refractivity (Wildman–Crippen MR) is 143 cm³/mol. The molecule has 0 N–H and O–H groups in total. The van der Waals surface area contributed by atoms with Crippen molar-refractivity contribution >= 4 is 63.6 Å². The van der Waals surface area contributed by atoms with Crippen LogP contribution in [0.3, 0.4) is 0 Å². The summed E-state index contributed by atoms with van der Waals surface area (Å²) in [4.78, 5) is 37.8. The number of ether oxygens (including phenoxy) is 3. The second-order valence-corrected chi connectivity index (χ2v) is 10.5. The smallest absolute Gasteiger partial charge is 0.354 e. The van der Waals surface area contributed by atoms with E-state index in [9.17, 15) is 14.4 Å². The molecule has 0 fully saturated rings. The van der Waals surface area contributed by atoms with Gasteiger partial charge in [0.15, 0.2) is 14.7 Å². The standard InChI is InChI=1S/C27H18Cl3O6S/c1-16(28)25(31)34-19-4-10-22(11-5-19)37(23-12-6-20(7-13-23)35-26(32)17(2)29)24-14-8-21(9-15-24)36-27(33)18(3)30/h4-15H,1-3H2/q+1. The van der Waals surface area contributed by atoms with Crippen molar-refractivity contribution < 1.29 is 28.6 Å². The van der Waals surface area contributed by atoms with Gasteiger partial charge in [-0.15, -0.1) is 0 Å². The lowest BCUT2D eigenvalue weighted by Crippen LogP contribution is -2.09. The lowest BCUT2D eigenvalue weighted by molar-refractivity contribution is -0.130. The van der Waals surface area contributed by atoms with E-state index in [1.54, 1.807) is 72.8 Å². The van der Waals surface area contributed by atoms with Gasteiger partial charge in [-0.1, -0.05) is 54.5 Å². The molecule has 0 aliphatic heterocycles. The van der Waals surface area contributed by atoms with Crippen LogP contribution in [0.4, 0.5) is 0 Å². The van der Waals surface area contributed by atoms with E-state index in [4.69, 9.17) is 49.0 Å². The van der Waals surface area contributed by atoms with Gasteiger partial charge in [-0.2, -0.15) is 0 Å². The lowest BCUT2D eigenvalue weighted by Gasteiger charge is -2.11. The summed E-state index contributed by atoms with van der Waals surface area (Å²) in [6, 6.07) is 20.6. The summed E-state index contributed by atoms with van der Waals surface area (Å²) in [5.41, 5.74) is 0. The number of hydrogen-bond donors (Lipinski definition) is 0. The normalized spacial score (nSPS) is 10.4. The quantitative estimate of drug-likeness (QED) is 0.121. The van der Waals surface area contributed by atoms with Gasteiger partial charge < -0.3 is 14.2 Å². The van der Waals surface area contributed by atoms with Gasteiger partial charge in [0.2, 0.25) is 0 Å². The third-order valence-electron chi connectivity index (χ3n) is 4.47. The van der Waals surface area contributed by atoms with E-state index in [1.165, 1.54) is 0 Å². The van der Waals surface area contributed by atoms with Crippen LogP contribution in [0.25, 0.3) is 0 Å². The fourth-order valence-corrected chi connectivity index (χ4v) is 4.98. The lowest BCUT2D eigenvalue weighted by atomic mass is 10.3. The molecule has 3 rings (SSSR count). The molecule has 0 radical (unpaired) electrons. The highest BCUT2D eigenvalue weighted by Gasteiger charge is 2.29. The van der Waals surface area contributed by atoms with Crippen molar-refractivity contribution in [1.82, 2.24) is 0 Å². The molecule has 37 heavy (non-hydrogen) atoms. The number of halogens is 3. The van der Waals surface area contributed by atoms with Gasteiger partial charge in [0, 0.05) is 0 Å². The molecule has 0 heterocycles. The predicted octanol–water partition coefficient (Wildman–Crippen LogP) is 6.76. The Hall–Kier alpha value is -3.49. The molecule has 0 saturated carbocycles. The minimum Gasteiger partial charge on any atom is -0.422 e. The van der Waals surface area contributed by atoms with Gasteiger partial charge >= 0.3 is 17.9 Å². The molecule has 188 valence electrons. The molecule has 3 aromatic carbocycles. The largest absolute Gasteiger partial charge is 0.422 e. The fraction of sp³-hybridized carbons (Fsp3) is 0. The van der Waals surface area contributed by atoms with Crippen LogP contribution in [0.15, 0.2) is 122 Å². The molecule has 0 bridgehead atoms. The summed E-state index contributed by atoms with van der Waals surface area (Å²) in [7, 11) is -0.656. The molecule has 0 aromatic heterocycles. The molecule has 0 amide bonds. The highest BCUT2D eigenvalue weighted by Crippen LogP contribution is 2.34. The average molecular weight is 577 g/mol. The monoisotopic (exact) mass is 575 g/mol. The van der Waals surface area contributed by atoms with E-state index in [-0.39, 0.29) is 15.1 Å². The van der Waals surface area contributed by atoms with Crippen LogP contribution in [-0.4, -0.2) is 17.9 Å². The Morgan fingerprint density at radius 2 is 0.703 bits per heavy atom. The Morgan fingerprint density at radius 1 is 0.486 bits per heavy atom. The number of rotatable bonds is 9. The van der Waals surface area contributed by atoms with E-state index in [1.807, 2.05) is 0 Å². The minimum atomic E-state index is -0.747. The summed E-state index contributed by atoms with van der Waals surface area (Å²) >= 11 is 16.8. The number of carbonyl (C=O) groups is 3. The van der Waals surface area contributed by atoms with Crippen molar-refractivity contribution in [1.29, 1.82) is 0 Å². The molecule has 0 atom stereocenters. The van der Waals surface area contributed by atoms with E-state index < -0.39 is 28.8 Å². The van der Waals surface area contributed by atoms with Crippen LogP contribution in [0.2, 0.25) is 0 Å². The maximum atomic E-state index is 11.7. The van der Waals surface area contributed by atoms with E-state index >= 15 is 0 Å². The van der Waals surface area contributed by atoms with Gasteiger partial charge in [0.25, 0.3) is 0 Å². The number of hydrogen-bond acceptors (Lipinski definition) is 6. The molecule has 0 aliphatic carbocycles. The highest BCUT2D eigenvalue weighted by atomic mass is 35.5. The molecule has 0 aliphatic rings. The molecular formula is C27H18Cl3O6S+. The Bertz CT molecular complexity index is 1200. The zero-order valence-corrected chi connectivity index (χ0v) is 22.1. The SMILES string of the molecule is C=C(Cl)C(=O)Oc1ccc([S+](c2ccc(OC(=O)C(=C)Cl)cc2)c2ccc(OC(=O)C(=C)Cl)cc2)cc1. The van der Waals surface area contributed by atoms with Crippen LogP contribution >= 0.6 is 34.8 Å². The van der Waals surface area contributed by atoms with E-state index in [2.05, 4.69) is 19.7 Å². The number of benzene rings is 3. The Labute approximate surface area is 231 Å². The van der Waals surface area contributed by atoms with Crippen LogP contribution in [0, 0.1) is 0 Å². The summed E-state index contributed by atoms with van der Waals surface area (Å²) in [6.07, 6.45) is 0. The molecule has 0 saturated heterocycles. The van der Waals surface area contributed by atoms with Gasteiger partial charge in [-0.3, -0.25) is 0 Å². The number of carbonyl (C=O) groups excluding carboxylic acids is 3. The van der Waals surface area contributed by atoms with E-state index in [0.29, 0.717) is 17.2 Å². The van der Waals surface area contributed by atoms with Crippen molar-refractivity contribution in [2.75, 3.05) is 0 Å². The van der Waals surface area contributed by atoms with E-state index in [0.717, 1.165) is 14.7 Å². The van der Waals surface area contributed by atoms with Crippen molar-refractivity contribution in [3.8, 4) is 17.2 Å². The molecule has 3 aromatic rings. The second kappa shape index (κ2) is 12.7. The molecule has 10 heteroatoms. The Balaban J connectivity index is 1.95. The highest BCUT2D eigenvalue weighted by molar-refractivity contribution is 7.97. The number of esters is 3. The molecule has 0 spiro atoms. The zero-order chi connectivity index (χ0) is 27.1. The van der Waals surface area contributed by atoms with Crippen molar-refractivity contribution in [3.05, 3.63) is 108 Å². The van der Waals surface area contributed by atoms with Gasteiger partial charge in [-0.25, -0.2) is 14.4 Å². The Morgan fingerprint density at radius 3 is 0.892 bits per heavy atom. The maximum absolute atomic E-state index is 11.7. The first kappa shape index (κ1) is 28.1. The van der Waals surface area contributed by atoms with Crippen LogP contribution in [0.5, 0.6) is 17.2 Å². The summed E-state index contributed by atoms with van der Waals surface area (Å²) < 4.78 is 15.5. The minimum absolute atomic E-state index is 0.235. The third kappa shape index (κ3) is 7.74. The Kier molecular flexibility index (Phi) is 9.60. The fourth-order valence-electron chi connectivity index (χ4n) is 2.83.